The van der Waals surface area contributed by atoms with Gasteiger partial charge in [0.25, 0.3) is 0 Å². The van der Waals surface area contributed by atoms with E-state index < -0.39 is 54.7 Å². The van der Waals surface area contributed by atoms with Crippen LogP contribution in [0.25, 0.3) is 0 Å². The monoisotopic (exact) mass is 466 g/mol. The summed E-state index contributed by atoms with van der Waals surface area (Å²) < 4.78 is 0. The lowest BCUT2D eigenvalue weighted by atomic mass is 10.1. The molecule has 4 unspecified atom stereocenters. The van der Waals surface area contributed by atoms with Crippen LogP contribution in [-0.4, -0.2) is 90.2 Å². The van der Waals surface area contributed by atoms with Gasteiger partial charge in [0.2, 0.25) is 0 Å². The van der Waals surface area contributed by atoms with Crippen molar-refractivity contribution in [2.24, 2.45) is 28.9 Å². The highest BCUT2D eigenvalue weighted by molar-refractivity contribution is 5.74. The Morgan fingerprint density at radius 3 is 1.47 bits per heavy atom. The first-order chi connectivity index (χ1) is 14.6. The molecule has 0 aliphatic carbocycles. The van der Waals surface area contributed by atoms with Gasteiger partial charge >= 0.3 is 23.9 Å². The third kappa shape index (κ3) is 20.2. The molecule has 1 aromatic heterocycles. The van der Waals surface area contributed by atoms with E-state index in [4.69, 9.17) is 48.5 Å². The molecule has 0 aromatic carbocycles. The minimum atomic E-state index is -1.18. The SMILES string of the molecule is CC(C)C(N)C(=O)O.CC(N)C(=O)O.NC(CO)C(=O)O.NC(Cc1cnc[nH]1)C(=O)O. The third-order valence-corrected chi connectivity index (χ3v) is 3.22. The standard InChI is InChI=1S/C6H9N3O2.C5H11NO2.C3H7NO3.C3H7NO2/c7-5(6(10)11)1-4-2-8-3-9-4;1-3(2)4(6)5(7)8;4-2(1-5)3(6)7;1-2(4)3(5)6/h2-3,5H,1,7H2,(H,8,9)(H,10,11);3-4H,6H2,1-2H3,(H,7,8);2,5H,1,4H2,(H,6,7);2H,4H2,1H3,(H,5,6). The smallest absolute Gasteiger partial charge is 0.322 e. The zero-order valence-electron chi connectivity index (χ0n) is 18.1. The number of nitrogens with two attached hydrogens (primary N) is 4. The molecular formula is C17H34N6O9. The number of hydrogen-bond acceptors (Lipinski definition) is 10. The average Bonchev–Trinajstić information content (AvgIpc) is 3.20. The molecule has 1 aromatic rings. The number of aliphatic hydroxyl groups is 1. The zero-order valence-corrected chi connectivity index (χ0v) is 18.1. The molecule has 1 rings (SSSR count). The lowest BCUT2D eigenvalue weighted by Gasteiger charge is -2.07. The first-order valence-corrected chi connectivity index (χ1v) is 9.09. The van der Waals surface area contributed by atoms with E-state index in [9.17, 15) is 19.2 Å². The number of aliphatic carboxylic acids is 4. The van der Waals surface area contributed by atoms with Crippen molar-refractivity contribution in [1.82, 2.24) is 9.97 Å². The summed E-state index contributed by atoms with van der Waals surface area (Å²) in [5, 5.41) is 40.4. The fourth-order valence-corrected chi connectivity index (χ4v) is 1.08. The second-order valence-electron chi connectivity index (χ2n) is 6.59. The fraction of sp³-hybridized carbons (Fsp3) is 0.588. The first-order valence-electron chi connectivity index (χ1n) is 9.09. The summed E-state index contributed by atoms with van der Waals surface area (Å²) in [7, 11) is 0. The van der Waals surface area contributed by atoms with E-state index in [0.717, 1.165) is 5.69 Å². The molecule has 1 heterocycles. The van der Waals surface area contributed by atoms with E-state index >= 15 is 0 Å². The van der Waals surface area contributed by atoms with Gasteiger partial charge in [-0.15, -0.1) is 0 Å². The predicted molar refractivity (Wildman–Crippen MR) is 112 cm³/mol. The van der Waals surface area contributed by atoms with Gasteiger partial charge < -0.3 is 53.5 Å². The summed E-state index contributed by atoms with van der Waals surface area (Å²) in [6.45, 7) is 4.47. The molecule has 0 saturated carbocycles. The van der Waals surface area contributed by atoms with E-state index in [1.807, 2.05) is 0 Å². The van der Waals surface area contributed by atoms with Crippen molar-refractivity contribution in [1.29, 1.82) is 0 Å². The van der Waals surface area contributed by atoms with Gasteiger partial charge in [-0.2, -0.15) is 0 Å². The van der Waals surface area contributed by atoms with E-state index in [0.29, 0.717) is 0 Å². The van der Waals surface area contributed by atoms with Crippen molar-refractivity contribution in [3.05, 3.63) is 18.2 Å². The minimum absolute atomic E-state index is 0.0208. The van der Waals surface area contributed by atoms with E-state index in [2.05, 4.69) is 9.97 Å². The molecular weight excluding hydrogens is 432 g/mol. The Hall–Kier alpha value is -3.11. The maximum absolute atomic E-state index is 10.3. The van der Waals surface area contributed by atoms with Gasteiger partial charge in [0.15, 0.2) is 0 Å². The average molecular weight is 466 g/mol. The summed E-state index contributed by atoms with van der Waals surface area (Å²) in [6.07, 6.45) is 3.34. The van der Waals surface area contributed by atoms with Gasteiger partial charge in [0.05, 0.1) is 12.9 Å². The van der Waals surface area contributed by atoms with Crippen LogP contribution in [0.5, 0.6) is 0 Å². The molecule has 0 radical (unpaired) electrons. The van der Waals surface area contributed by atoms with Gasteiger partial charge in [-0.1, -0.05) is 13.8 Å². The van der Waals surface area contributed by atoms with Crippen LogP contribution >= 0.6 is 0 Å². The van der Waals surface area contributed by atoms with E-state index in [1.54, 1.807) is 20.0 Å². The van der Waals surface area contributed by atoms with E-state index in [-0.39, 0.29) is 12.3 Å². The summed E-state index contributed by atoms with van der Waals surface area (Å²) >= 11 is 0. The lowest BCUT2D eigenvalue weighted by molar-refractivity contribution is -0.140. The molecule has 32 heavy (non-hydrogen) atoms. The molecule has 0 amide bonds. The van der Waals surface area contributed by atoms with Crippen LogP contribution < -0.4 is 22.9 Å². The number of rotatable bonds is 8. The Labute approximate surface area is 184 Å². The number of aromatic amines is 1. The third-order valence-electron chi connectivity index (χ3n) is 3.22. The van der Waals surface area contributed by atoms with Gasteiger partial charge in [-0.05, 0) is 12.8 Å². The highest BCUT2D eigenvalue weighted by Crippen LogP contribution is 1.96. The number of H-pyrrole nitrogens is 1. The lowest BCUT2D eigenvalue weighted by Crippen LogP contribution is -2.34. The van der Waals surface area contributed by atoms with Crippen LogP contribution in [0.4, 0.5) is 0 Å². The van der Waals surface area contributed by atoms with Gasteiger partial charge in [0, 0.05) is 18.3 Å². The molecule has 0 spiro atoms. The molecule has 186 valence electrons. The molecule has 15 heteroatoms. The number of aliphatic hydroxyl groups excluding tert-OH is 1. The van der Waals surface area contributed by atoms with Crippen molar-refractivity contribution in [3.63, 3.8) is 0 Å². The van der Waals surface area contributed by atoms with Crippen LogP contribution in [-0.2, 0) is 25.6 Å². The normalized spacial score (nSPS) is 13.4. The van der Waals surface area contributed by atoms with Crippen molar-refractivity contribution in [2.45, 2.75) is 51.4 Å². The maximum Gasteiger partial charge on any atom is 0.322 e. The molecule has 0 fully saturated rings. The van der Waals surface area contributed by atoms with Crippen LogP contribution in [0.3, 0.4) is 0 Å². The number of hydrogen-bond donors (Lipinski definition) is 10. The van der Waals surface area contributed by atoms with Gasteiger partial charge in [-0.25, -0.2) is 4.98 Å². The Kier molecular flexibility index (Phi) is 19.5. The number of carboxylic acids is 4. The topological polar surface area (TPSA) is 302 Å². The quantitative estimate of drug-likeness (QED) is 0.185. The van der Waals surface area contributed by atoms with Gasteiger partial charge in [0.1, 0.15) is 24.2 Å². The Bertz CT molecular complexity index is 667. The van der Waals surface area contributed by atoms with Crippen molar-refractivity contribution < 1.29 is 44.7 Å². The number of carboxylic acid groups (broad SMARTS) is 4. The molecule has 0 saturated heterocycles. The van der Waals surface area contributed by atoms with E-state index in [1.165, 1.54) is 13.3 Å². The van der Waals surface area contributed by atoms with Crippen LogP contribution in [0, 0.1) is 5.92 Å². The molecule has 14 N–H and O–H groups in total. The molecule has 15 nitrogen and oxygen atoms in total. The van der Waals surface area contributed by atoms with Crippen molar-refractivity contribution in [3.8, 4) is 0 Å². The highest BCUT2D eigenvalue weighted by Gasteiger charge is 2.14. The van der Waals surface area contributed by atoms with Gasteiger partial charge in [-0.3, -0.25) is 19.2 Å². The number of nitrogens with one attached hydrogen (secondary N) is 1. The second kappa shape index (κ2) is 18.6. The number of imidazole rings is 1. The summed E-state index contributed by atoms with van der Waals surface area (Å²) in [5.74, 6) is -4.05. The number of carbonyl (C=O) groups is 4. The largest absolute Gasteiger partial charge is 0.480 e. The Morgan fingerprint density at radius 2 is 1.31 bits per heavy atom. The first kappa shape index (κ1) is 33.5. The van der Waals surface area contributed by atoms with Crippen LogP contribution in [0.2, 0.25) is 0 Å². The molecule has 0 aliphatic heterocycles. The Morgan fingerprint density at radius 1 is 0.875 bits per heavy atom. The van der Waals surface area contributed by atoms with Crippen molar-refractivity contribution in [2.75, 3.05) is 6.61 Å². The summed E-state index contributed by atoms with van der Waals surface area (Å²) in [6, 6.07) is -3.42. The second-order valence-corrected chi connectivity index (χ2v) is 6.59. The highest BCUT2D eigenvalue weighted by atomic mass is 16.4. The van der Waals surface area contributed by atoms with Crippen molar-refractivity contribution >= 4 is 23.9 Å². The maximum atomic E-state index is 10.3. The minimum Gasteiger partial charge on any atom is -0.480 e. The number of nitrogens with zero attached hydrogens (tertiary/aromatic N) is 1. The molecule has 0 bridgehead atoms. The molecule has 0 aliphatic rings. The predicted octanol–water partition coefficient (Wildman–Crippen LogP) is -2.77. The zero-order chi connectivity index (χ0) is 26.0. The number of aromatic nitrogens is 2. The summed E-state index contributed by atoms with van der Waals surface area (Å²) in [5.41, 5.74) is 20.8. The molecule has 4 atom stereocenters. The van der Waals surface area contributed by atoms with Crippen LogP contribution in [0.1, 0.15) is 26.5 Å². The fourth-order valence-electron chi connectivity index (χ4n) is 1.08. The summed E-state index contributed by atoms with van der Waals surface area (Å²) in [4.78, 5) is 46.0. The Balaban J connectivity index is -0.000000362. The van der Waals surface area contributed by atoms with Crippen LogP contribution in [0.15, 0.2) is 12.5 Å².